The van der Waals surface area contributed by atoms with E-state index in [1.165, 1.54) is 0 Å². The van der Waals surface area contributed by atoms with Gasteiger partial charge in [0.2, 0.25) is 5.82 Å². The summed E-state index contributed by atoms with van der Waals surface area (Å²) in [5.74, 6) is 0.989. The van der Waals surface area contributed by atoms with Crippen LogP contribution < -0.4 is 0 Å². The van der Waals surface area contributed by atoms with Crippen molar-refractivity contribution in [1.82, 2.24) is 15.0 Å². The molecule has 1 unspecified atom stereocenters. The van der Waals surface area contributed by atoms with E-state index >= 15 is 0 Å². The summed E-state index contributed by atoms with van der Waals surface area (Å²) in [5.41, 5.74) is 1.57. The Bertz CT molecular complexity index is 626. The van der Waals surface area contributed by atoms with Crippen LogP contribution in [-0.2, 0) is 4.74 Å². The molecule has 3 rings (SSSR count). The molecule has 1 atom stereocenters. The van der Waals surface area contributed by atoms with Gasteiger partial charge in [0.15, 0.2) is 0 Å². The Balaban J connectivity index is 1.84. The van der Waals surface area contributed by atoms with Crippen LogP contribution in [0.3, 0.4) is 0 Å². The topological polar surface area (TPSA) is 71.6 Å². The van der Waals surface area contributed by atoms with Crippen LogP contribution in [0.15, 0.2) is 22.7 Å². The van der Waals surface area contributed by atoms with Crippen LogP contribution in [0, 0.1) is 6.92 Å². The molecular formula is C15H19N3O3. The summed E-state index contributed by atoms with van der Waals surface area (Å²) in [4.78, 5) is 6.67. The monoisotopic (exact) mass is 289 g/mol. The minimum Gasteiger partial charge on any atom is -0.507 e. The molecule has 2 aromatic rings. The van der Waals surface area contributed by atoms with Gasteiger partial charge in [0.05, 0.1) is 12.2 Å². The number of rotatable bonds is 3. The summed E-state index contributed by atoms with van der Waals surface area (Å²) in [6.45, 7) is 7.39. The third-order valence-corrected chi connectivity index (χ3v) is 3.71. The number of hydrogen-bond donors (Lipinski definition) is 1. The Morgan fingerprint density at radius 3 is 3.10 bits per heavy atom. The summed E-state index contributed by atoms with van der Waals surface area (Å²) in [6.07, 6.45) is -0.178. The second-order valence-corrected chi connectivity index (χ2v) is 5.23. The largest absolute Gasteiger partial charge is 0.507 e. The molecule has 6 nitrogen and oxygen atoms in total. The van der Waals surface area contributed by atoms with Gasteiger partial charge in [-0.3, -0.25) is 4.90 Å². The SMILES string of the molecule is CCN1CCOC(c2noc(-c3cc(C)ccc3O)n2)C1. The van der Waals surface area contributed by atoms with E-state index in [-0.39, 0.29) is 11.9 Å². The normalized spacial score (nSPS) is 19.8. The Morgan fingerprint density at radius 2 is 2.29 bits per heavy atom. The van der Waals surface area contributed by atoms with Crippen molar-refractivity contribution >= 4 is 0 Å². The van der Waals surface area contributed by atoms with Gasteiger partial charge < -0.3 is 14.4 Å². The lowest BCUT2D eigenvalue weighted by Gasteiger charge is -2.30. The number of likely N-dealkylation sites (N-methyl/N-ethyl adjacent to an activating group) is 1. The lowest BCUT2D eigenvalue weighted by Crippen LogP contribution is -2.38. The van der Waals surface area contributed by atoms with Gasteiger partial charge in [-0.2, -0.15) is 4.98 Å². The quantitative estimate of drug-likeness (QED) is 0.933. The van der Waals surface area contributed by atoms with E-state index in [2.05, 4.69) is 22.0 Å². The van der Waals surface area contributed by atoms with Crippen LogP contribution in [0.5, 0.6) is 5.75 Å². The van der Waals surface area contributed by atoms with Gasteiger partial charge in [-0.15, -0.1) is 0 Å². The molecular weight excluding hydrogens is 270 g/mol. The van der Waals surface area contributed by atoms with Crippen molar-refractivity contribution in [2.45, 2.75) is 20.0 Å². The second-order valence-electron chi connectivity index (χ2n) is 5.23. The van der Waals surface area contributed by atoms with Crippen LogP contribution in [0.1, 0.15) is 24.4 Å². The summed E-state index contributed by atoms with van der Waals surface area (Å²) in [6, 6.07) is 5.29. The number of ether oxygens (including phenoxy) is 1. The highest BCUT2D eigenvalue weighted by Crippen LogP contribution is 2.30. The molecule has 0 radical (unpaired) electrons. The third-order valence-electron chi connectivity index (χ3n) is 3.71. The molecule has 0 spiro atoms. The predicted octanol–water partition coefficient (Wildman–Crippen LogP) is 2.14. The highest BCUT2D eigenvalue weighted by Gasteiger charge is 2.26. The van der Waals surface area contributed by atoms with Crippen LogP contribution in [-0.4, -0.2) is 46.4 Å². The molecule has 6 heteroatoms. The van der Waals surface area contributed by atoms with Crippen molar-refractivity contribution in [2.24, 2.45) is 0 Å². The first-order valence-electron chi connectivity index (χ1n) is 7.15. The summed E-state index contributed by atoms with van der Waals surface area (Å²) < 4.78 is 11.0. The lowest BCUT2D eigenvalue weighted by molar-refractivity contribution is -0.0334. The zero-order valence-corrected chi connectivity index (χ0v) is 12.2. The molecule has 1 aliphatic rings. The third kappa shape index (κ3) is 2.91. The molecule has 1 aliphatic heterocycles. The molecule has 1 aromatic heterocycles. The summed E-state index contributed by atoms with van der Waals surface area (Å²) in [5, 5.41) is 13.9. The molecule has 1 saturated heterocycles. The number of benzene rings is 1. The fourth-order valence-corrected chi connectivity index (χ4v) is 2.44. The van der Waals surface area contributed by atoms with Crippen molar-refractivity contribution in [2.75, 3.05) is 26.2 Å². The number of aromatic hydroxyl groups is 1. The van der Waals surface area contributed by atoms with E-state index in [0.29, 0.717) is 23.9 Å². The average Bonchev–Trinajstić information content (AvgIpc) is 2.99. The molecule has 1 N–H and O–H groups in total. The van der Waals surface area contributed by atoms with Crippen LogP contribution in [0.2, 0.25) is 0 Å². The number of morpholine rings is 1. The Morgan fingerprint density at radius 1 is 1.43 bits per heavy atom. The molecule has 21 heavy (non-hydrogen) atoms. The highest BCUT2D eigenvalue weighted by atomic mass is 16.5. The zero-order chi connectivity index (χ0) is 14.8. The van der Waals surface area contributed by atoms with Crippen molar-refractivity contribution < 1.29 is 14.4 Å². The maximum absolute atomic E-state index is 9.92. The predicted molar refractivity (Wildman–Crippen MR) is 76.9 cm³/mol. The number of aromatic nitrogens is 2. The van der Waals surface area contributed by atoms with E-state index in [4.69, 9.17) is 9.26 Å². The Kier molecular flexibility index (Phi) is 3.90. The van der Waals surface area contributed by atoms with Crippen molar-refractivity contribution in [3.05, 3.63) is 29.6 Å². The molecule has 1 fully saturated rings. The zero-order valence-electron chi connectivity index (χ0n) is 12.2. The Labute approximate surface area is 123 Å². The minimum atomic E-state index is -0.178. The van der Waals surface area contributed by atoms with Crippen molar-refractivity contribution in [1.29, 1.82) is 0 Å². The number of nitrogens with zero attached hydrogens (tertiary/aromatic N) is 3. The van der Waals surface area contributed by atoms with Gasteiger partial charge in [-0.05, 0) is 25.6 Å². The van der Waals surface area contributed by atoms with Gasteiger partial charge in [-0.1, -0.05) is 23.7 Å². The molecule has 1 aromatic carbocycles. The molecule has 0 amide bonds. The molecule has 0 saturated carbocycles. The number of aryl methyl sites for hydroxylation is 1. The van der Waals surface area contributed by atoms with Gasteiger partial charge in [0.25, 0.3) is 5.89 Å². The molecule has 2 heterocycles. The van der Waals surface area contributed by atoms with Gasteiger partial charge in [0.1, 0.15) is 11.9 Å². The fourth-order valence-electron chi connectivity index (χ4n) is 2.44. The first kappa shape index (κ1) is 14.0. The molecule has 0 bridgehead atoms. The first-order chi connectivity index (χ1) is 10.2. The van der Waals surface area contributed by atoms with Crippen molar-refractivity contribution in [3.63, 3.8) is 0 Å². The van der Waals surface area contributed by atoms with Gasteiger partial charge >= 0.3 is 0 Å². The van der Waals surface area contributed by atoms with Crippen LogP contribution >= 0.6 is 0 Å². The smallest absolute Gasteiger partial charge is 0.261 e. The van der Waals surface area contributed by atoms with Crippen LogP contribution in [0.25, 0.3) is 11.5 Å². The number of phenols is 1. The summed E-state index contributed by atoms with van der Waals surface area (Å²) in [7, 11) is 0. The fraction of sp³-hybridized carbons (Fsp3) is 0.467. The van der Waals surface area contributed by atoms with E-state index in [1.807, 2.05) is 19.1 Å². The first-order valence-corrected chi connectivity index (χ1v) is 7.15. The van der Waals surface area contributed by atoms with Crippen molar-refractivity contribution in [3.8, 4) is 17.2 Å². The van der Waals surface area contributed by atoms with E-state index < -0.39 is 0 Å². The average molecular weight is 289 g/mol. The minimum absolute atomic E-state index is 0.135. The summed E-state index contributed by atoms with van der Waals surface area (Å²) >= 11 is 0. The van der Waals surface area contributed by atoms with Gasteiger partial charge in [-0.25, -0.2) is 0 Å². The highest BCUT2D eigenvalue weighted by molar-refractivity contribution is 5.63. The second kappa shape index (κ2) is 5.83. The van der Waals surface area contributed by atoms with E-state index in [9.17, 15) is 5.11 Å². The van der Waals surface area contributed by atoms with E-state index in [0.717, 1.165) is 25.2 Å². The van der Waals surface area contributed by atoms with E-state index in [1.54, 1.807) is 6.07 Å². The van der Waals surface area contributed by atoms with Crippen LogP contribution in [0.4, 0.5) is 0 Å². The number of hydrogen-bond acceptors (Lipinski definition) is 6. The maximum Gasteiger partial charge on any atom is 0.261 e. The standard InChI is InChI=1S/C15H19N3O3/c1-3-18-6-7-20-13(9-18)14-16-15(21-17-14)11-8-10(2)4-5-12(11)19/h4-5,8,13,19H,3,6-7,9H2,1-2H3. The Hall–Kier alpha value is -1.92. The lowest BCUT2D eigenvalue weighted by atomic mass is 10.1. The molecule has 0 aliphatic carbocycles. The molecule has 112 valence electrons. The van der Waals surface area contributed by atoms with Gasteiger partial charge in [0, 0.05) is 13.1 Å². The number of phenolic OH excluding ortho intramolecular Hbond substituents is 1. The maximum atomic E-state index is 9.92.